The van der Waals surface area contributed by atoms with Gasteiger partial charge in [0.25, 0.3) is 0 Å². The highest BCUT2D eigenvalue weighted by molar-refractivity contribution is 5.76. The lowest BCUT2D eigenvalue weighted by atomic mass is 10.1. The van der Waals surface area contributed by atoms with Gasteiger partial charge < -0.3 is 15.5 Å². The van der Waals surface area contributed by atoms with Gasteiger partial charge in [-0.2, -0.15) is 0 Å². The van der Waals surface area contributed by atoms with Crippen molar-refractivity contribution in [2.24, 2.45) is 0 Å². The molecule has 17 heavy (non-hydrogen) atoms. The summed E-state index contributed by atoms with van der Waals surface area (Å²) in [6.07, 6.45) is 1.45. The van der Waals surface area contributed by atoms with E-state index in [9.17, 15) is 4.79 Å². The summed E-state index contributed by atoms with van der Waals surface area (Å²) in [5.74, 6) is 0.186. The monoisotopic (exact) mass is 233 g/mol. The van der Waals surface area contributed by atoms with E-state index in [2.05, 4.69) is 22.8 Å². The maximum Gasteiger partial charge on any atom is 0.222 e. The predicted molar refractivity (Wildman–Crippen MR) is 70.3 cm³/mol. The van der Waals surface area contributed by atoms with Gasteiger partial charge in [0.2, 0.25) is 5.91 Å². The number of hydrogen-bond donors (Lipinski definition) is 2. The molecule has 2 N–H and O–H groups in total. The molecule has 0 bridgehead atoms. The molecule has 1 aromatic carbocycles. The summed E-state index contributed by atoms with van der Waals surface area (Å²) in [5, 5.41) is 6.84. The Morgan fingerprint density at radius 2 is 2.06 bits per heavy atom. The Labute approximate surface area is 102 Å². The number of amides is 1. The molecular weight excluding hydrogens is 214 g/mol. The van der Waals surface area contributed by atoms with Gasteiger partial charge in [-0.05, 0) is 18.6 Å². The third kappa shape index (κ3) is 2.90. The molecule has 0 saturated carbocycles. The number of para-hydroxylation sites is 2. The van der Waals surface area contributed by atoms with Crippen LogP contribution in [0.1, 0.15) is 12.8 Å². The Morgan fingerprint density at radius 1 is 1.35 bits per heavy atom. The second-order valence-electron chi connectivity index (χ2n) is 4.59. The summed E-state index contributed by atoms with van der Waals surface area (Å²) >= 11 is 0. The zero-order valence-corrected chi connectivity index (χ0v) is 10.4. The van der Waals surface area contributed by atoms with Gasteiger partial charge in [-0.3, -0.25) is 4.79 Å². The Hall–Kier alpha value is -1.71. The zero-order chi connectivity index (χ0) is 12.3. The average Bonchev–Trinajstić information content (AvgIpc) is 2.35. The Bertz CT molecular complexity index is 403. The van der Waals surface area contributed by atoms with E-state index in [0.29, 0.717) is 12.5 Å². The molecule has 4 nitrogen and oxygen atoms in total. The molecule has 1 atom stereocenters. The van der Waals surface area contributed by atoms with Crippen molar-refractivity contribution in [2.75, 3.05) is 31.3 Å². The summed E-state index contributed by atoms with van der Waals surface area (Å²) in [7, 11) is 3.59. The fraction of sp³-hybridized carbons (Fsp3) is 0.462. The first kappa shape index (κ1) is 11.8. The Morgan fingerprint density at radius 3 is 2.76 bits per heavy atom. The van der Waals surface area contributed by atoms with Gasteiger partial charge in [-0.25, -0.2) is 0 Å². The van der Waals surface area contributed by atoms with Crippen LogP contribution in [0, 0.1) is 0 Å². The lowest BCUT2D eigenvalue weighted by molar-refractivity contribution is -0.128. The number of fused-ring (bicyclic) bond motifs is 1. The third-order valence-electron chi connectivity index (χ3n) is 3.03. The molecule has 2 rings (SSSR count). The van der Waals surface area contributed by atoms with Crippen molar-refractivity contribution in [3.05, 3.63) is 24.3 Å². The first-order valence-electron chi connectivity index (χ1n) is 5.96. The van der Waals surface area contributed by atoms with E-state index in [4.69, 9.17) is 0 Å². The number of rotatable bonds is 3. The van der Waals surface area contributed by atoms with Crippen LogP contribution in [0.5, 0.6) is 0 Å². The summed E-state index contributed by atoms with van der Waals surface area (Å²) < 4.78 is 0. The van der Waals surface area contributed by atoms with E-state index in [1.807, 2.05) is 12.1 Å². The van der Waals surface area contributed by atoms with Gasteiger partial charge in [0, 0.05) is 33.1 Å². The number of benzene rings is 1. The average molecular weight is 233 g/mol. The minimum atomic E-state index is 0.186. The zero-order valence-electron chi connectivity index (χ0n) is 10.4. The van der Waals surface area contributed by atoms with Crippen molar-refractivity contribution in [1.29, 1.82) is 0 Å². The molecular formula is C13H19N3O. The molecule has 0 aliphatic carbocycles. The van der Waals surface area contributed by atoms with E-state index < -0.39 is 0 Å². The van der Waals surface area contributed by atoms with Crippen LogP contribution in [0.15, 0.2) is 24.3 Å². The molecule has 0 radical (unpaired) electrons. The van der Waals surface area contributed by atoms with Crippen molar-refractivity contribution < 1.29 is 4.79 Å². The van der Waals surface area contributed by atoms with Gasteiger partial charge in [0.05, 0.1) is 11.4 Å². The molecule has 4 heteroatoms. The maximum atomic E-state index is 11.5. The first-order chi connectivity index (χ1) is 8.16. The molecule has 1 aliphatic rings. The largest absolute Gasteiger partial charge is 0.381 e. The molecule has 0 fully saturated rings. The summed E-state index contributed by atoms with van der Waals surface area (Å²) in [6, 6.07) is 8.48. The van der Waals surface area contributed by atoms with Crippen molar-refractivity contribution in [3.63, 3.8) is 0 Å². The molecule has 1 aliphatic heterocycles. The lowest BCUT2D eigenvalue weighted by Crippen LogP contribution is -2.34. The van der Waals surface area contributed by atoms with Crippen LogP contribution >= 0.6 is 0 Å². The fourth-order valence-corrected chi connectivity index (χ4v) is 1.96. The van der Waals surface area contributed by atoms with Crippen molar-refractivity contribution in [3.8, 4) is 0 Å². The van der Waals surface area contributed by atoms with E-state index in [0.717, 1.165) is 24.3 Å². The van der Waals surface area contributed by atoms with Gasteiger partial charge in [-0.15, -0.1) is 0 Å². The van der Waals surface area contributed by atoms with Crippen LogP contribution in [-0.4, -0.2) is 37.5 Å². The van der Waals surface area contributed by atoms with E-state index >= 15 is 0 Å². The maximum absolute atomic E-state index is 11.5. The highest BCUT2D eigenvalue weighted by atomic mass is 16.2. The topological polar surface area (TPSA) is 44.4 Å². The first-order valence-corrected chi connectivity index (χ1v) is 5.96. The standard InChI is InChI=1S/C13H19N3O/c1-16(2)13(17)8-7-10-9-14-11-5-3-4-6-12(11)15-10/h3-6,10,14-15H,7-9H2,1-2H3/t10-/m0/s1. The van der Waals surface area contributed by atoms with Crippen LogP contribution in [0.25, 0.3) is 0 Å². The van der Waals surface area contributed by atoms with Gasteiger partial charge in [0.1, 0.15) is 0 Å². The molecule has 0 spiro atoms. The van der Waals surface area contributed by atoms with Gasteiger partial charge in [0.15, 0.2) is 0 Å². The van der Waals surface area contributed by atoms with Crippen molar-refractivity contribution in [2.45, 2.75) is 18.9 Å². The second kappa shape index (κ2) is 5.08. The number of nitrogens with zero attached hydrogens (tertiary/aromatic N) is 1. The molecule has 1 amide bonds. The molecule has 1 aromatic rings. The van der Waals surface area contributed by atoms with Crippen LogP contribution < -0.4 is 10.6 Å². The van der Waals surface area contributed by atoms with Crippen LogP contribution in [-0.2, 0) is 4.79 Å². The quantitative estimate of drug-likeness (QED) is 0.836. The minimum Gasteiger partial charge on any atom is -0.381 e. The van der Waals surface area contributed by atoms with Gasteiger partial charge >= 0.3 is 0 Å². The Kier molecular flexibility index (Phi) is 3.52. The summed E-state index contributed by atoms with van der Waals surface area (Å²) in [4.78, 5) is 13.2. The number of nitrogens with one attached hydrogen (secondary N) is 2. The molecule has 1 heterocycles. The fourth-order valence-electron chi connectivity index (χ4n) is 1.96. The van der Waals surface area contributed by atoms with E-state index in [-0.39, 0.29) is 5.91 Å². The molecule has 0 saturated heterocycles. The highest BCUT2D eigenvalue weighted by Gasteiger charge is 2.17. The normalized spacial score (nSPS) is 17.6. The number of anilines is 2. The SMILES string of the molecule is CN(C)C(=O)CC[C@H]1CNc2ccccc2N1. The third-order valence-corrected chi connectivity index (χ3v) is 3.03. The minimum absolute atomic E-state index is 0.186. The van der Waals surface area contributed by atoms with Crippen LogP contribution in [0.3, 0.4) is 0 Å². The molecule has 92 valence electrons. The summed E-state index contributed by atoms with van der Waals surface area (Å²) in [6.45, 7) is 0.873. The van der Waals surface area contributed by atoms with Gasteiger partial charge in [-0.1, -0.05) is 12.1 Å². The highest BCUT2D eigenvalue weighted by Crippen LogP contribution is 2.26. The van der Waals surface area contributed by atoms with Crippen LogP contribution in [0.2, 0.25) is 0 Å². The van der Waals surface area contributed by atoms with Crippen molar-refractivity contribution >= 4 is 17.3 Å². The lowest BCUT2D eigenvalue weighted by Gasteiger charge is -2.28. The predicted octanol–water partition coefficient (Wildman–Crippen LogP) is 1.76. The Balaban J connectivity index is 1.88. The van der Waals surface area contributed by atoms with E-state index in [1.165, 1.54) is 0 Å². The molecule has 0 aromatic heterocycles. The second-order valence-corrected chi connectivity index (χ2v) is 4.59. The molecule has 0 unspecified atom stereocenters. The van der Waals surface area contributed by atoms with Crippen LogP contribution in [0.4, 0.5) is 11.4 Å². The van der Waals surface area contributed by atoms with Crippen molar-refractivity contribution in [1.82, 2.24) is 4.90 Å². The number of carbonyl (C=O) groups is 1. The van der Waals surface area contributed by atoms with E-state index in [1.54, 1.807) is 19.0 Å². The smallest absolute Gasteiger partial charge is 0.222 e. The number of hydrogen-bond acceptors (Lipinski definition) is 3. The summed E-state index contributed by atoms with van der Waals surface area (Å²) in [5.41, 5.74) is 2.27. The number of carbonyl (C=O) groups excluding carboxylic acids is 1.